The van der Waals surface area contributed by atoms with E-state index in [0.717, 1.165) is 12.8 Å². The van der Waals surface area contributed by atoms with Crippen LogP contribution in [-0.2, 0) is 9.53 Å². The Hall–Kier alpha value is -1.89. The number of hydrogen-bond donors (Lipinski definition) is 0. The SMILES string of the molecule is CC#CC(CN=O)OC(=O)C1=CCCC=C1. The summed E-state index contributed by atoms with van der Waals surface area (Å²) >= 11 is 0. The van der Waals surface area contributed by atoms with E-state index in [0.29, 0.717) is 5.57 Å². The molecule has 0 fully saturated rings. The molecule has 0 bridgehead atoms. The molecule has 0 saturated carbocycles. The number of hydrogen-bond acceptors (Lipinski definition) is 4. The summed E-state index contributed by atoms with van der Waals surface area (Å²) in [6.07, 6.45) is 6.46. The van der Waals surface area contributed by atoms with Crippen LogP contribution in [0.25, 0.3) is 0 Å². The van der Waals surface area contributed by atoms with Gasteiger partial charge in [-0.05, 0) is 19.8 Å². The van der Waals surface area contributed by atoms with Crippen molar-refractivity contribution in [2.75, 3.05) is 6.54 Å². The van der Waals surface area contributed by atoms with Crippen LogP contribution in [-0.4, -0.2) is 18.6 Å². The molecule has 1 unspecified atom stereocenters. The molecule has 1 atom stereocenters. The number of ether oxygens (including phenoxy) is 1. The zero-order chi connectivity index (χ0) is 11.8. The van der Waals surface area contributed by atoms with Gasteiger partial charge in [-0.2, -0.15) is 4.91 Å². The van der Waals surface area contributed by atoms with Gasteiger partial charge in [-0.3, -0.25) is 0 Å². The van der Waals surface area contributed by atoms with Gasteiger partial charge in [-0.1, -0.05) is 29.3 Å². The summed E-state index contributed by atoms with van der Waals surface area (Å²) in [6, 6.07) is 0. The van der Waals surface area contributed by atoms with Gasteiger partial charge in [0, 0.05) is 0 Å². The van der Waals surface area contributed by atoms with Crippen molar-refractivity contribution in [1.82, 2.24) is 0 Å². The summed E-state index contributed by atoms with van der Waals surface area (Å²) in [5.74, 6) is 4.76. The number of esters is 1. The Bertz CT molecular complexity index is 385. The third-order valence-corrected chi connectivity index (χ3v) is 2.03. The van der Waals surface area contributed by atoms with Crippen molar-refractivity contribution in [2.24, 2.45) is 5.18 Å². The lowest BCUT2D eigenvalue weighted by Gasteiger charge is -2.11. The molecule has 1 aliphatic rings. The van der Waals surface area contributed by atoms with E-state index in [1.807, 2.05) is 12.2 Å². The van der Waals surface area contributed by atoms with Crippen LogP contribution >= 0.6 is 0 Å². The maximum absolute atomic E-state index is 11.6. The molecular weight excluding hydrogens is 206 g/mol. The normalized spacial score (nSPS) is 15.4. The number of rotatable bonds is 4. The van der Waals surface area contributed by atoms with E-state index < -0.39 is 12.1 Å². The minimum atomic E-state index is -0.744. The monoisotopic (exact) mass is 219 g/mol. The van der Waals surface area contributed by atoms with Crippen LogP contribution in [0.4, 0.5) is 0 Å². The fraction of sp³-hybridized carbons (Fsp3) is 0.417. The van der Waals surface area contributed by atoms with E-state index in [2.05, 4.69) is 17.0 Å². The molecule has 1 rings (SSSR count). The van der Waals surface area contributed by atoms with Crippen LogP contribution < -0.4 is 0 Å². The predicted octanol–water partition coefficient (Wildman–Crippen LogP) is 1.96. The second kappa shape index (κ2) is 6.57. The van der Waals surface area contributed by atoms with E-state index in [1.165, 1.54) is 0 Å². The minimum Gasteiger partial charge on any atom is -0.443 e. The molecule has 0 aromatic carbocycles. The minimum absolute atomic E-state index is 0.135. The Morgan fingerprint density at radius 1 is 1.62 bits per heavy atom. The van der Waals surface area contributed by atoms with Crippen LogP contribution in [0.2, 0.25) is 0 Å². The zero-order valence-electron chi connectivity index (χ0n) is 9.10. The molecule has 16 heavy (non-hydrogen) atoms. The first-order chi connectivity index (χ1) is 7.77. The van der Waals surface area contributed by atoms with Gasteiger partial charge in [-0.15, -0.1) is 5.92 Å². The first kappa shape index (κ1) is 12.2. The smallest absolute Gasteiger partial charge is 0.339 e. The first-order valence-corrected chi connectivity index (χ1v) is 5.07. The number of carbonyl (C=O) groups excluding carboxylic acids is 1. The van der Waals surface area contributed by atoms with E-state index in [1.54, 1.807) is 13.0 Å². The van der Waals surface area contributed by atoms with Gasteiger partial charge in [0.25, 0.3) is 0 Å². The average molecular weight is 219 g/mol. The second-order valence-electron chi connectivity index (χ2n) is 3.24. The fourth-order valence-electron chi connectivity index (χ4n) is 1.30. The van der Waals surface area contributed by atoms with Crippen molar-refractivity contribution < 1.29 is 9.53 Å². The Labute approximate surface area is 94.3 Å². The van der Waals surface area contributed by atoms with E-state index in [4.69, 9.17) is 4.74 Å². The zero-order valence-corrected chi connectivity index (χ0v) is 9.10. The van der Waals surface area contributed by atoms with Gasteiger partial charge >= 0.3 is 5.97 Å². The molecule has 0 aromatic heterocycles. The molecule has 4 heteroatoms. The van der Waals surface area contributed by atoms with Gasteiger partial charge < -0.3 is 4.74 Å². The molecule has 0 heterocycles. The van der Waals surface area contributed by atoms with E-state index >= 15 is 0 Å². The molecule has 0 saturated heterocycles. The molecule has 0 radical (unpaired) electrons. The van der Waals surface area contributed by atoms with Gasteiger partial charge in [0.1, 0.15) is 6.54 Å². The maximum Gasteiger partial charge on any atom is 0.339 e. The summed E-state index contributed by atoms with van der Waals surface area (Å²) in [4.78, 5) is 21.7. The van der Waals surface area contributed by atoms with Gasteiger partial charge in [-0.25, -0.2) is 4.79 Å². The van der Waals surface area contributed by atoms with Crippen molar-refractivity contribution >= 4 is 5.97 Å². The summed E-state index contributed by atoms with van der Waals surface area (Å²) in [6.45, 7) is 1.48. The third-order valence-electron chi connectivity index (χ3n) is 2.03. The molecule has 0 aromatic rings. The van der Waals surface area contributed by atoms with Crippen LogP contribution in [0.15, 0.2) is 29.0 Å². The van der Waals surface area contributed by atoms with Crippen molar-refractivity contribution in [3.8, 4) is 11.8 Å². The highest BCUT2D eigenvalue weighted by atomic mass is 16.5. The first-order valence-electron chi connectivity index (χ1n) is 5.07. The molecule has 0 aliphatic heterocycles. The Morgan fingerprint density at radius 2 is 2.44 bits per heavy atom. The Kier molecular flexibility index (Phi) is 5.00. The fourth-order valence-corrected chi connectivity index (χ4v) is 1.30. The largest absolute Gasteiger partial charge is 0.443 e. The number of nitroso groups, excluding NO2 is 1. The lowest BCUT2D eigenvalue weighted by Crippen LogP contribution is -2.20. The third kappa shape index (κ3) is 3.70. The molecule has 84 valence electrons. The van der Waals surface area contributed by atoms with Gasteiger partial charge in [0.05, 0.1) is 5.57 Å². The van der Waals surface area contributed by atoms with Gasteiger partial charge in [0.15, 0.2) is 6.10 Å². The summed E-state index contributed by atoms with van der Waals surface area (Å²) in [5, 5.41) is 2.69. The predicted molar refractivity (Wildman–Crippen MR) is 60.4 cm³/mol. The van der Waals surface area contributed by atoms with Gasteiger partial charge in [0.2, 0.25) is 0 Å². The highest BCUT2D eigenvalue weighted by molar-refractivity contribution is 5.92. The number of allylic oxidation sites excluding steroid dienone is 2. The standard InChI is InChI=1S/C12H13NO3/c1-2-6-11(9-13-15)16-12(14)10-7-4-3-5-8-10/h4,7-8,11H,3,5,9H2,1H3. The van der Waals surface area contributed by atoms with Crippen molar-refractivity contribution in [1.29, 1.82) is 0 Å². The summed E-state index contributed by atoms with van der Waals surface area (Å²) < 4.78 is 5.04. The van der Waals surface area contributed by atoms with Crippen molar-refractivity contribution in [3.63, 3.8) is 0 Å². The Balaban J connectivity index is 2.59. The second-order valence-corrected chi connectivity index (χ2v) is 3.24. The van der Waals surface area contributed by atoms with Crippen molar-refractivity contribution in [2.45, 2.75) is 25.9 Å². The number of nitrogens with zero attached hydrogens (tertiary/aromatic N) is 1. The molecular formula is C12H13NO3. The van der Waals surface area contributed by atoms with Crippen molar-refractivity contribution in [3.05, 3.63) is 28.7 Å². The summed E-state index contributed by atoms with van der Waals surface area (Å²) in [7, 11) is 0. The lowest BCUT2D eigenvalue weighted by atomic mass is 10.1. The highest BCUT2D eigenvalue weighted by Gasteiger charge is 2.15. The van der Waals surface area contributed by atoms with Crippen LogP contribution in [0.5, 0.6) is 0 Å². The molecule has 1 aliphatic carbocycles. The summed E-state index contributed by atoms with van der Waals surface area (Å²) in [5.41, 5.74) is 0.514. The molecule has 0 spiro atoms. The molecule has 0 N–H and O–H groups in total. The quantitative estimate of drug-likeness (QED) is 0.412. The topological polar surface area (TPSA) is 55.7 Å². The maximum atomic E-state index is 11.6. The van der Waals surface area contributed by atoms with Crippen LogP contribution in [0, 0.1) is 16.7 Å². The molecule has 4 nitrogen and oxygen atoms in total. The average Bonchev–Trinajstić information content (AvgIpc) is 2.31. The number of carbonyl (C=O) groups is 1. The van der Waals surface area contributed by atoms with E-state index in [-0.39, 0.29) is 6.54 Å². The highest BCUT2D eigenvalue weighted by Crippen LogP contribution is 2.12. The Morgan fingerprint density at radius 3 is 3.00 bits per heavy atom. The lowest BCUT2D eigenvalue weighted by molar-refractivity contribution is -0.141. The van der Waals surface area contributed by atoms with Crippen LogP contribution in [0.3, 0.4) is 0 Å². The molecule has 0 amide bonds. The van der Waals surface area contributed by atoms with E-state index in [9.17, 15) is 9.70 Å². The van der Waals surface area contributed by atoms with Crippen LogP contribution in [0.1, 0.15) is 19.8 Å².